The van der Waals surface area contributed by atoms with Crippen LogP contribution in [0.4, 0.5) is 8.78 Å². The van der Waals surface area contributed by atoms with Crippen molar-refractivity contribution < 1.29 is 13.5 Å². The average molecular weight is 179 g/mol. The molecule has 4 heteroatoms. The van der Waals surface area contributed by atoms with Crippen molar-refractivity contribution in [2.24, 2.45) is 0 Å². The van der Waals surface area contributed by atoms with Crippen LogP contribution in [0, 0.1) is 11.6 Å². The summed E-state index contributed by atoms with van der Waals surface area (Å²) in [4.78, 5) is 0. The molecule has 0 heterocycles. The van der Waals surface area contributed by atoms with Crippen LogP contribution in [-0.4, -0.2) is 7.11 Å². The van der Waals surface area contributed by atoms with Crippen molar-refractivity contribution in [3.05, 3.63) is 28.8 Å². The SMILES string of the molecule is COc1cc(F)c(Cl)c(F)c1. The molecule has 0 aliphatic heterocycles. The Balaban J connectivity index is 3.21. The molecule has 0 amide bonds. The molecule has 0 saturated heterocycles. The monoisotopic (exact) mass is 178 g/mol. The van der Waals surface area contributed by atoms with Gasteiger partial charge in [-0.05, 0) is 0 Å². The molecule has 0 spiro atoms. The summed E-state index contributed by atoms with van der Waals surface area (Å²) in [5.74, 6) is -1.52. The summed E-state index contributed by atoms with van der Waals surface area (Å²) in [7, 11) is 1.32. The zero-order chi connectivity index (χ0) is 8.43. The average Bonchev–Trinajstić information content (AvgIpc) is 1.99. The highest BCUT2D eigenvalue weighted by molar-refractivity contribution is 6.30. The Morgan fingerprint density at radius 3 is 2.09 bits per heavy atom. The van der Waals surface area contributed by atoms with Gasteiger partial charge in [0.1, 0.15) is 22.4 Å². The fourth-order valence-corrected chi connectivity index (χ4v) is 0.759. The molecule has 0 aliphatic carbocycles. The molecular formula is C7H5ClF2O. The van der Waals surface area contributed by atoms with Gasteiger partial charge in [-0.15, -0.1) is 0 Å². The van der Waals surface area contributed by atoms with Crippen LogP contribution in [0.2, 0.25) is 5.02 Å². The van der Waals surface area contributed by atoms with Gasteiger partial charge in [0.15, 0.2) is 0 Å². The molecule has 0 unspecified atom stereocenters. The number of hydrogen-bond acceptors (Lipinski definition) is 1. The lowest BCUT2D eigenvalue weighted by molar-refractivity contribution is 0.407. The third kappa shape index (κ3) is 1.60. The summed E-state index contributed by atoms with van der Waals surface area (Å²) in [6.07, 6.45) is 0. The first-order chi connectivity index (χ1) is 5.15. The number of hydrogen-bond donors (Lipinski definition) is 0. The highest BCUT2D eigenvalue weighted by atomic mass is 35.5. The smallest absolute Gasteiger partial charge is 0.148 e. The molecule has 60 valence electrons. The zero-order valence-electron chi connectivity index (χ0n) is 5.70. The summed E-state index contributed by atoms with van der Waals surface area (Å²) in [5.41, 5.74) is 0. The minimum Gasteiger partial charge on any atom is -0.497 e. The van der Waals surface area contributed by atoms with Gasteiger partial charge >= 0.3 is 0 Å². The van der Waals surface area contributed by atoms with Crippen LogP contribution >= 0.6 is 11.6 Å². The summed E-state index contributed by atoms with van der Waals surface area (Å²) < 4.78 is 29.7. The van der Waals surface area contributed by atoms with E-state index in [-0.39, 0.29) is 5.75 Å². The van der Waals surface area contributed by atoms with E-state index in [1.165, 1.54) is 7.11 Å². The number of benzene rings is 1. The minimum atomic E-state index is -0.816. The maximum atomic E-state index is 12.6. The van der Waals surface area contributed by atoms with Crippen LogP contribution in [0.5, 0.6) is 5.75 Å². The quantitative estimate of drug-likeness (QED) is 0.601. The van der Waals surface area contributed by atoms with E-state index in [1.807, 2.05) is 0 Å². The maximum absolute atomic E-state index is 12.6. The first-order valence-electron chi connectivity index (χ1n) is 2.83. The Morgan fingerprint density at radius 1 is 1.27 bits per heavy atom. The van der Waals surface area contributed by atoms with E-state index in [2.05, 4.69) is 4.74 Å². The van der Waals surface area contributed by atoms with Crippen molar-refractivity contribution in [1.82, 2.24) is 0 Å². The van der Waals surface area contributed by atoms with E-state index in [1.54, 1.807) is 0 Å². The Morgan fingerprint density at radius 2 is 1.73 bits per heavy atom. The van der Waals surface area contributed by atoms with Crippen LogP contribution in [0.3, 0.4) is 0 Å². The fourth-order valence-electron chi connectivity index (χ4n) is 0.650. The molecule has 1 nitrogen and oxygen atoms in total. The Labute approximate surface area is 67.5 Å². The number of methoxy groups -OCH3 is 1. The second-order valence-electron chi connectivity index (χ2n) is 1.91. The van der Waals surface area contributed by atoms with Crippen LogP contribution in [0.15, 0.2) is 12.1 Å². The summed E-state index contributed by atoms with van der Waals surface area (Å²) in [6.45, 7) is 0. The van der Waals surface area contributed by atoms with Crippen molar-refractivity contribution in [3.8, 4) is 5.75 Å². The normalized spacial score (nSPS) is 9.82. The van der Waals surface area contributed by atoms with E-state index in [0.717, 1.165) is 12.1 Å². The van der Waals surface area contributed by atoms with Gasteiger partial charge in [-0.3, -0.25) is 0 Å². The van der Waals surface area contributed by atoms with Crippen molar-refractivity contribution in [2.75, 3.05) is 7.11 Å². The lowest BCUT2D eigenvalue weighted by atomic mass is 10.3. The van der Waals surface area contributed by atoms with E-state index in [0.29, 0.717) is 0 Å². The second-order valence-corrected chi connectivity index (χ2v) is 2.28. The van der Waals surface area contributed by atoms with Crippen LogP contribution in [0.1, 0.15) is 0 Å². The van der Waals surface area contributed by atoms with Crippen molar-refractivity contribution in [2.45, 2.75) is 0 Å². The minimum absolute atomic E-state index is 0.115. The van der Waals surface area contributed by atoms with Gasteiger partial charge in [-0.1, -0.05) is 11.6 Å². The molecule has 1 aromatic rings. The maximum Gasteiger partial charge on any atom is 0.148 e. The molecule has 0 saturated carbocycles. The summed E-state index contributed by atoms with van der Waals surface area (Å²) in [6, 6.07) is 2.04. The van der Waals surface area contributed by atoms with Gasteiger partial charge in [-0.25, -0.2) is 8.78 Å². The predicted molar refractivity (Wildman–Crippen MR) is 37.9 cm³/mol. The lowest BCUT2D eigenvalue weighted by Crippen LogP contribution is -1.88. The molecule has 1 rings (SSSR count). The van der Waals surface area contributed by atoms with Crippen LogP contribution in [0.25, 0.3) is 0 Å². The first kappa shape index (κ1) is 8.27. The zero-order valence-corrected chi connectivity index (χ0v) is 6.45. The summed E-state index contributed by atoms with van der Waals surface area (Å²) >= 11 is 5.20. The largest absolute Gasteiger partial charge is 0.497 e. The molecule has 0 N–H and O–H groups in total. The predicted octanol–water partition coefficient (Wildman–Crippen LogP) is 2.63. The molecule has 0 radical (unpaired) electrons. The standard InChI is InChI=1S/C7H5ClF2O/c1-11-4-2-5(9)7(8)6(10)3-4/h2-3H,1H3. The van der Waals surface area contributed by atoms with E-state index in [4.69, 9.17) is 11.6 Å². The van der Waals surface area contributed by atoms with Gasteiger partial charge in [-0.2, -0.15) is 0 Å². The first-order valence-corrected chi connectivity index (χ1v) is 3.21. The third-order valence-corrected chi connectivity index (χ3v) is 1.55. The molecule has 0 aromatic heterocycles. The molecule has 11 heavy (non-hydrogen) atoms. The van der Waals surface area contributed by atoms with Crippen molar-refractivity contribution in [1.29, 1.82) is 0 Å². The Bertz CT molecular complexity index is 252. The number of rotatable bonds is 1. The van der Waals surface area contributed by atoms with Gasteiger partial charge < -0.3 is 4.74 Å². The fraction of sp³-hybridized carbons (Fsp3) is 0.143. The summed E-state index contributed by atoms with van der Waals surface area (Å²) in [5, 5.41) is -0.509. The topological polar surface area (TPSA) is 9.23 Å². The van der Waals surface area contributed by atoms with Gasteiger partial charge in [0.05, 0.1) is 7.11 Å². The molecule has 0 fully saturated rings. The van der Waals surface area contributed by atoms with Crippen LogP contribution < -0.4 is 4.74 Å². The molecule has 0 aliphatic rings. The highest BCUT2D eigenvalue weighted by Gasteiger charge is 2.07. The van der Waals surface area contributed by atoms with Crippen molar-refractivity contribution in [3.63, 3.8) is 0 Å². The highest BCUT2D eigenvalue weighted by Crippen LogP contribution is 2.23. The molecule has 1 aromatic carbocycles. The number of ether oxygens (including phenoxy) is 1. The third-order valence-electron chi connectivity index (χ3n) is 1.19. The van der Waals surface area contributed by atoms with Gasteiger partial charge in [0.25, 0.3) is 0 Å². The Hall–Kier alpha value is -0.830. The van der Waals surface area contributed by atoms with Gasteiger partial charge in [0, 0.05) is 12.1 Å². The Kier molecular flexibility index (Phi) is 2.29. The van der Waals surface area contributed by atoms with Crippen molar-refractivity contribution >= 4 is 11.6 Å². The van der Waals surface area contributed by atoms with Crippen LogP contribution in [-0.2, 0) is 0 Å². The van der Waals surface area contributed by atoms with E-state index < -0.39 is 16.7 Å². The molecule has 0 atom stereocenters. The number of halogens is 3. The lowest BCUT2D eigenvalue weighted by Gasteiger charge is -2.00. The second kappa shape index (κ2) is 3.05. The molecule has 0 bridgehead atoms. The van der Waals surface area contributed by atoms with Gasteiger partial charge in [0.2, 0.25) is 0 Å². The molecular weight excluding hydrogens is 174 g/mol. The van der Waals surface area contributed by atoms with E-state index in [9.17, 15) is 8.78 Å². The van der Waals surface area contributed by atoms with E-state index >= 15 is 0 Å².